The summed E-state index contributed by atoms with van der Waals surface area (Å²) in [5.74, 6) is 0.422. The van der Waals surface area contributed by atoms with E-state index in [0.717, 1.165) is 6.42 Å². The van der Waals surface area contributed by atoms with E-state index in [0.29, 0.717) is 35.5 Å². The van der Waals surface area contributed by atoms with Crippen LogP contribution in [0.3, 0.4) is 0 Å². The van der Waals surface area contributed by atoms with E-state index in [2.05, 4.69) is 24.0 Å². The van der Waals surface area contributed by atoms with Gasteiger partial charge in [-0.05, 0) is 66.8 Å². The number of benzene rings is 2. The van der Waals surface area contributed by atoms with Gasteiger partial charge in [-0.1, -0.05) is 25.4 Å². The third kappa shape index (κ3) is 5.43. The monoisotopic (exact) mass is 489 g/mol. The van der Waals surface area contributed by atoms with Crippen molar-refractivity contribution in [3.05, 3.63) is 65.0 Å². The lowest BCUT2D eigenvalue weighted by Crippen LogP contribution is -2.42. The van der Waals surface area contributed by atoms with Crippen LogP contribution in [0.1, 0.15) is 36.5 Å². The average Bonchev–Trinajstić information content (AvgIpc) is 3.26. The highest BCUT2D eigenvalue weighted by atomic mass is 35.5. The Morgan fingerprint density at radius 1 is 1.06 bits per heavy atom. The van der Waals surface area contributed by atoms with Crippen LogP contribution in [0.2, 0.25) is 5.02 Å². The van der Waals surface area contributed by atoms with Gasteiger partial charge in [-0.15, -0.1) is 10.2 Å². The second kappa shape index (κ2) is 9.62. The quantitative estimate of drug-likeness (QED) is 0.472. The van der Waals surface area contributed by atoms with Gasteiger partial charge in [-0.25, -0.2) is 13.2 Å². The standard InChI is InChI=1S/C23H24ClN3O5S/c1-15-11-16(2)13-27(12-15)33(29,30)20-9-5-18(6-10-20)23(28)31-14-21-25-26-22(32-21)17-3-7-19(24)8-4-17/h3-10,15-16H,11-14H2,1-2H3. The largest absolute Gasteiger partial charge is 0.452 e. The molecule has 1 aliphatic heterocycles. The first-order chi connectivity index (χ1) is 15.7. The summed E-state index contributed by atoms with van der Waals surface area (Å²) in [4.78, 5) is 12.6. The maximum absolute atomic E-state index is 13.0. The molecule has 4 rings (SSSR count). The molecule has 0 radical (unpaired) electrons. The van der Waals surface area contributed by atoms with Gasteiger partial charge in [0.2, 0.25) is 15.9 Å². The second-order valence-corrected chi connectivity index (χ2v) is 10.8. The smallest absolute Gasteiger partial charge is 0.338 e. The van der Waals surface area contributed by atoms with Gasteiger partial charge >= 0.3 is 5.97 Å². The molecular formula is C23H24ClN3O5S. The number of sulfonamides is 1. The molecular weight excluding hydrogens is 466 g/mol. The van der Waals surface area contributed by atoms with Crippen molar-refractivity contribution in [3.8, 4) is 11.5 Å². The second-order valence-electron chi connectivity index (χ2n) is 8.38. The zero-order chi connectivity index (χ0) is 23.6. The SMILES string of the molecule is CC1CC(C)CN(S(=O)(=O)c2ccc(C(=O)OCc3nnc(-c4ccc(Cl)cc4)o3)cc2)C1. The van der Waals surface area contributed by atoms with Gasteiger partial charge in [-0.3, -0.25) is 0 Å². The van der Waals surface area contributed by atoms with Gasteiger partial charge in [-0.2, -0.15) is 4.31 Å². The van der Waals surface area contributed by atoms with Crippen molar-refractivity contribution in [1.29, 1.82) is 0 Å². The molecule has 10 heteroatoms. The fourth-order valence-corrected chi connectivity index (χ4v) is 5.75. The van der Waals surface area contributed by atoms with Gasteiger partial charge in [0.25, 0.3) is 5.89 Å². The third-order valence-electron chi connectivity index (χ3n) is 5.45. The van der Waals surface area contributed by atoms with E-state index < -0.39 is 16.0 Å². The number of halogens is 1. The predicted octanol–water partition coefficient (Wildman–Crippen LogP) is 4.41. The maximum atomic E-state index is 13.0. The van der Waals surface area contributed by atoms with Crippen LogP contribution in [0.25, 0.3) is 11.5 Å². The molecule has 2 heterocycles. The Kier molecular flexibility index (Phi) is 6.83. The highest BCUT2D eigenvalue weighted by Gasteiger charge is 2.31. The first-order valence-electron chi connectivity index (χ1n) is 10.6. The minimum absolute atomic E-state index is 0.140. The molecule has 0 spiro atoms. The molecule has 0 saturated carbocycles. The Hall–Kier alpha value is -2.75. The van der Waals surface area contributed by atoms with E-state index in [9.17, 15) is 13.2 Å². The number of carbonyl (C=O) groups is 1. The van der Waals surface area contributed by atoms with E-state index in [1.807, 2.05) is 0 Å². The molecule has 2 aromatic carbocycles. The van der Waals surface area contributed by atoms with Crippen LogP contribution in [-0.2, 0) is 21.4 Å². The number of esters is 1. The van der Waals surface area contributed by atoms with Crippen LogP contribution in [0.4, 0.5) is 0 Å². The fourth-order valence-electron chi connectivity index (χ4n) is 3.95. The molecule has 3 aromatic rings. The fraction of sp³-hybridized carbons (Fsp3) is 0.348. The summed E-state index contributed by atoms with van der Waals surface area (Å²) in [5.41, 5.74) is 0.922. The summed E-state index contributed by atoms with van der Waals surface area (Å²) in [6.07, 6.45) is 1.01. The van der Waals surface area contributed by atoms with Gasteiger partial charge in [0, 0.05) is 23.7 Å². The molecule has 33 heavy (non-hydrogen) atoms. The van der Waals surface area contributed by atoms with Gasteiger partial charge < -0.3 is 9.15 Å². The van der Waals surface area contributed by atoms with E-state index in [1.54, 1.807) is 24.3 Å². The minimum Gasteiger partial charge on any atom is -0.452 e. The summed E-state index contributed by atoms with van der Waals surface area (Å²) in [5, 5.41) is 8.41. The normalized spacial score (nSPS) is 19.4. The molecule has 174 valence electrons. The van der Waals surface area contributed by atoms with E-state index >= 15 is 0 Å². The molecule has 1 fully saturated rings. The van der Waals surface area contributed by atoms with Gasteiger partial charge in [0.15, 0.2) is 6.61 Å². The Morgan fingerprint density at radius 3 is 2.33 bits per heavy atom. The van der Waals surface area contributed by atoms with Crippen molar-refractivity contribution in [2.75, 3.05) is 13.1 Å². The lowest BCUT2D eigenvalue weighted by Gasteiger charge is -2.34. The Bertz CT molecular complexity index is 1220. The molecule has 0 amide bonds. The number of hydrogen-bond acceptors (Lipinski definition) is 7. The number of carbonyl (C=O) groups excluding carboxylic acids is 1. The molecule has 0 bridgehead atoms. The summed E-state index contributed by atoms with van der Waals surface area (Å²) >= 11 is 5.87. The van der Waals surface area contributed by atoms with Gasteiger partial charge in [0.05, 0.1) is 10.5 Å². The Balaban J connectivity index is 1.38. The van der Waals surface area contributed by atoms with E-state index in [-0.39, 0.29) is 28.8 Å². The first-order valence-corrected chi connectivity index (χ1v) is 12.4. The summed E-state index contributed by atoms with van der Waals surface area (Å²) < 4.78 is 38.2. The van der Waals surface area contributed by atoms with Crippen molar-refractivity contribution in [3.63, 3.8) is 0 Å². The Morgan fingerprint density at radius 2 is 1.70 bits per heavy atom. The molecule has 8 nitrogen and oxygen atoms in total. The highest BCUT2D eigenvalue weighted by molar-refractivity contribution is 7.89. The van der Waals surface area contributed by atoms with Crippen molar-refractivity contribution in [2.24, 2.45) is 11.8 Å². The number of nitrogens with zero attached hydrogens (tertiary/aromatic N) is 3. The van der Waals surface area contributed by atoms with Crippen LogP contribution >= 0.6 is 11.6 Å². The van der Waals surface area contributed by atoms with Crippen molar-refractivity contribution in [2.45, 2.75) is 31.8 Å². The lowest BCUT2D eigenvalue weighted by atomic mass is 9.94. The maximum Gasteiger partial charge on any atom is 0.338 e. The number of ether oxygens (including phenoxy) is 1. The van der Waals surface area contributed by atoms with E-state index in [1.165, 1.54) is 28.6 Å². The van der Waals surface area contributed by atoms with Crippen LogP contribution in [0.15, 0.2) is 57.8 Å². The zero-order valence-corrected chi connectivity index (χ0v) is 19.8. The molecule has 1 aromatic heterocycles. The summed E-state index contributed by atoms with van der Waals surface area (Å²) in [7, 11) is -3.61. The van der Waals surface area contributed by atoms with Crippen LogP contribution in [-0.4, -0.2) is 42.0 Å². The van der Waals surface area contributed by atoms with Crippen molar-refractivity contribution in [1.82, 2.24) is 14.5 Å². The molecule has 1 saturated heterocycles. The van der Waals surface area contributed by atoms with Crippen LogP contribution in [0.5, 0.6) is 0 Å². The van der Waals surface area contributed by atoms with Crippen molar-refractivity contribution >= 4 is 27.6 Å². The van der Waals surface area contributed by atoms with Crippen LogP contribution in [0, 0.1) is 11.8 Å². The lowest BCUT2D eigenvalue weighted by molar-refractivity contribution is 0.0438. The summed E-state index contributed by atoms with van der Waals surface area (Å²) in [6, 6.07) is 12.6. The molecule has 1 aliphatic rings. The predicted molar refractivity (Wildman–Crippen MR) is 122 cm³/mol. The number of hydrogen-bond donors (Lipinski definition) is 0. The highest BCUT2D eigenvalue weighted by Crippen LogP contribution is 2.27. The number of piperidine rings is 1. The molecule has 0 aliphatic carbocycles. The van der Waals surface area contributed by atoms with E-state index in [4.69, 9.17) is 20.8 Å². The number of aromatic nitrogens is 2. The average molecular weight is 490 g/mol. The molecule has 2 unspecified atom stereocenters. The first kappa shape index (κ1) is 23.4. The number of rotatable bonds is 6. The molecule has 0 N–H and O–H groups in total. The van der Waals surface area contributed by atoms with Crippen LogP contribution < -0.4 is 0 Å². The van der Waals surface area contributed by atoms with Crippen molar-refractivity contribution < 1.29 is 22.4 Å². The topological polar surface area (TPSA) is 103 Å². The van der Waals surface area contributed by atoms with Gasteiger partial charge in [0.1, 0.15) is 0 Å². The Labute approximate surface area is 197 Å². The zero-order valence-electron chi connectivity index (χ0n) is 18.3. The molecule has 2 atom stereocenters. The third-order valence-corrected chi connectivity index (χ3v) is 7.55. The summed E-state index contributed by atoms with van der Waals surface area (Å²) in [6.45, 7) is 4.90. The minimum atomic E-state index is -3.61.